The summed E-state index contributed by atoms with van der Waals surface area (Å²) in [5.41, 5.74) is -1.58. The molecular weight excluding hydrogens is 542 g/mol. The predicted molar refractivity (Wildman–Crippen MR) is 156 cm³/mol. The molecule has 2 aromatic carbocycles. The van der Waals surface area contributed by atoms with Gasteiger partial charge in [0.2, 0.25) is 0 Å². The van der Waals surface area contributed by atoms with E-state index in [2.05, 4.69) is 0 Å². The average Bonchev–Trinajstić information content (AvgIpc) is 2.82. The third-order valence-corrected chi connectivity index (χ3v) is 5.28. The Balaban J connectivity index is 2.55. The fourth-order valence-electron chi connectivity index (χ4n) is 3.75. The number of carboxylic acid groups (broad SMARTS) is 1. The standard InChI is InChI=1S/C32H43NO9/c1-30(2,3)40-26(34)18-25(28(37)41-31(4,5)6)33(29(38)42-32(7,8)9)19-22-15-23(27(35)36)17-24(16-22)39-20-21-13-11-10-12-14-21/h10-17,25H,18-20H2,1-9H3,(H,35,36)/t25-/m0/s1. The zero-order chi connectivity index (χ0) is 31.9. The van der Waals surface area contributed by atoms with Gasteiger partial charge in [-0.2, -0.15) is 0 Å². The minimum absolute atomic E-state index is 0.0827. The van der Waals surface area contributed by atoms with Gasteiger partial charge in [0.25, 0.3) is 0 Å². The summed E-state index contributed by atoms with van der Waals surface area (Å²) in [6.07, 6.45) is -1.41. The average molecular weight is 586 g/mol. The van der Waals surface area contributed by atoms with Crippen LogP contribution in [0.15, 0.2) is 48.5 Å². The lowest BCUT2D eigenvalue weighted by Gasteiger charge is -2.34. The van der Waals surface area contributed by atoms with E-state index in [1.54, 1.807) is 68.4 Å². The van der Waals surface area contributed by atoms with E-state index >= 15 is 0 Å². The first-order valence-electron chi connectivity index (χ1n) is 13.7. The number of carboxylic acids is 1. The molecule has 230 valence electrons. The van der Waals surface area contributed by atoms with Crippen LogP contribution in [-0.4, -0.2) is 56.9 Å². The first-order chi connectivity index (χ1) is 19.2. The molecule has 0 heterocycles. The molecule has 0 radical (unpaired) electrons. The molecule has 2 rings (SSSR count). The zero-order valence-corrected chi connectivity index (χ0v) is 26.0. The fourth-order valence-corrected chi connectivity index (χ4v) is 3.75. The van der Waals surface area contributed by atoms with Gasteiger partial charge < -0.3 is 24.1 Å². The van der Waals surface area contributed by atoms with Gasteiger partial charge in [0.1, 0.15) is 35.2 Å². The summed E-state index contributed by atoms with van der Waals surface area (Å²) in [7, 11) is 0. The summed E-state index contributed by atoms with van der Waals surface area (Å²) >= 11 is 0. The maximum Gasteiger partial charge on any atom is 0.411 e. The highest BCUT2D eigenvalue weighted by Crippen LogP contribution is 2.25. The molecule has 1 atom stereocenters. The number of carbonyl (C=O) groups is 4. The molecule has 10 heteroatoms. The second-order valence-corrected chi connectivity index (χ2v) is 12.9. The van der Waals surface area contributed by atoms with E-state index in [0.717, 1.165) is 10.5 Å². The quantitative estimate of drug-likeness (QED) is 0.258. The second kappa shape index (κ2) is 13.7. The van der Waals surface area contributed by atoms with Crippen molar-refractivity contribution in [1.29, 1.82) is 0 Å². The molecule has 0 fully saturated rings. The molecule has 0 unspecified atom stereocenters. The van der Waals surface area contributed by atoms with Crippen LogP contribution in [0.2, 0.25) is 0 Å². The van der Waals surface area contributed by atoms with Crippen molar-refractivity contribution in [2.75, 3.05) is 0 Å². The number of nitrogens with zero attached hydrogens (tertiary/aromatic N) is 1. The third-order valence-electron chi connectivity index (χ3n) is 5.28. The molecule has 1 N–H and O–H groups in total. The Kier molecular flexibility index (Phi) is 11.1. The van der Waals surface area contributed by atoms with Crippen molar-refractivity contribution >= 4 is 24.0 Å². The second-order valence-electron chi connectivity index (χ2n) is 12.9. The number of ether oxygens (including phenoxy) is 4. The maximum atomic E-state index is 13.6. The first-order valence-corrected chi connectivity index (χ1v) is 13.7. The van der Waals surface area contributed by atoms with E-state index in [1.807, 2.05) is 30.3 Å². The Morgan fingerprint density at radius 3 is 1.86 bits per heavy atom. The molecule has 42 heavy (non-hydrogen) atoms. The Bertz CT molecular complexity index is 1250. The first kappa shape index (κ1) is 34.1. The lowest BCUT2D eigenvalue weighted by atomic mass is 10.1. The van der Waals surface area contributed by atoms with E-state index in [9.17, 15) is 24.3 Å². The number of esters is 2. The van der Waals surface area contributed by atoms with E-state index in [1.165, 1.54) is 12.1 Å². The SMILES string of the molecule is CC(C)(C)OC(=O)C[C@@H](C(=O)OC(C)(C)C)N(Cc1cc(OCc2ccccc2)cc(C(=O)O)c1)C(=O)OC(C)(C)C. The number of carbonyl (C=O) groups excluding carboxylic acids is 3. The fraction of sp³-hybridized carbons (Fsp3) is 0.500. The molecule has 10 nitrogen and oxygen atoms in total. The van der Waals surface area contributed by atoms with Gasteiger partial charge in [-0.1, -0.05) is 30.3 Å². The van der Waals surface area contributed by atoms with E-state index in [4.69, 9.17) is 18.9 Å². The van der Waals surface area contributed by atoms with Crippen LogP contribution in [0.5, 0.6) is 5.75 Å². The van der Waals surface area contributed by atoms with Gasteiger partial charge in [-0.25, -0.2) is 14.4 Å². The van der Waals surface area contributed by atoms with Gasteiger partial charge in [-0.05, 0) is 91.6 Å². The summed E-state index contributed by atoms with van der Waals surface area (Å²) in [6.45, 7) is 15.0. The molecule has 0 spiro atoms. The van der Waals surface area contributed by atoms with Crippen molar-refractivity contribution < 1.29 is 43.2 Å². The van der Waals surface area contributed by atoms with E-state index in [0.29, 0.717) is 5.56 Å². The maximum absolute atomic E-state index is 13.6. The number of hydrogen-bond acceptors (Lipinski definition) is 8. The van der Waals surface area contributed by atoms with Crippen LogP contribution in [0.25, 0.3) is 0 Å². The Hall–Kier alpha value is -4.08. The molecule has 2 aromatic rings. The van der Waals surface area contributed by atoms with E-state index in [-0.39, 0.29) is 24.5 Å². The van der Waals surface area contributed by atoms with Crippen LogP contribution in [-0.2, 0) is 37.0 Å². The lowest BCUT2D eigenvalue weighted by molar-refractivity contribution is -0.168. The van der Waals surface area contributed by atoms with Gasteiger partial charge in [-0.15, -0.1) is 0 Å². The van der Waals surface area contributed by atoms with Gasteiger partial charge in [0.05, 0.1) is 18.5 Å². The van der Waals surface area contributed by atoms with Crippen molar-refractivity contribution in [2.45, 2.75) is 105 Å². The predicted octanol–water partition coefficient (Wildman–Crippen LogP) is 6.14. The molecule has 0 bridgehead atoms. The highest BCUT2D eigenvalue weighted by Gasteiger charge is 2.38. The van der Waals surface area contributed by atoms with Gasteiger partial charge in [-0.3, -0.25) is 9.69 Å². The third kappa shape index (κ3) is 12.2. The van der Waals surface area contributed by atoms with Crippen LogP contribution in [0.3, 0.4) is 0 Å². The summed E-state index contributed by atoms with van der Waals surface area (Å²) in [4.78, 5) is 53.0. The highest BCUT2D eigenvalue weighted by atomic mass is 16.6. The largest absolute Gasteiger partial charge is 0.489 e. The zero-order valence-electron chi connectivity index (χ0n) is 26.0. The molecule has 0 aliphatic carbocycles. The van der Waals surface area contributed by atoms with Crippen LogP contribution in [0, 0.1) is 0 Å². The normalized spacial score (nSPS) is 12.6. The molecular formula is C32H43NO9. The molecule has 1 amide bonds. The Morgan fingerprint density at radius 1 is 0.762 bits per heavy atom. The summed E-state index contributed by atoms with van der Waals surface area (Å²) in [5, 5.41) is 9.77. The van der Waals surface area contributed by atoms with Gasteiger partial charge >= 0.3 is 24.0 Å². The van der Waals surface area contributed by atoms with Crippen molar-refractivity contribution in [2.24, 2.45) is 0 Å². The Labute approximate surface area is 247 Å². The number of aromatic carboxylic acids is 1. The molecule has 0 aliphatic rings. The Morgan fingerprint density at radius 2 is 1.33 bits per heavy atom. The highest BCUT2D eigenvalue weighted by molar-refractivity contribution is 5.89. The number of amides is 1. The lowest BCUT2D eigenvalue weighted by Crippen LogP contribution is -2.50. The smallest absolute Gasteiger partial charge is 0.411 e. The van der Waals surface area contributed by atoms with Gasteiger partial charge in [0.15, 0.2) is 0 Å². The monoisotopic (exact) mass is 585 g/mol. The summed E-state index contributed by atoms with van der Waals surface area (Å²) in [5.74, 6) is -2.52. The molecule has 0 aromatic heterocycles. The molecule has 0 saturated carbocycles. The molecule has 0 aliphatic heterocycles. The van der Waals surface area contributed by atoms with Crippen LogP contribution < -0.4 is 4.74 Å². The van der Waals surface area contributed by atoms with Crippen molar-refractivity contribution in [3.8, 4) is 5.75 Å². The molecule has 0 saturated heterocycles. The van der Waals surface area contributed by atoms with Crippen LogP contribution in [0.4, 0.5) is 4.79 Å². The topological polar surface area (TPSA) is 129 Å². The van der Waals surface area contributed by atoms with Crippen molar-refractivity contribution in [1.82, 2.24) is 4.90 Å². The number of benzene rings is 2. The minimum Gasteiger partial charge on any atom is -0.489 e. The minimum atomic E-state index is -1.43. The number of rotatable bonds is 10. The number of hydrogen-bond donors (Lipinski definition) is 1. The van der Waals surface area contributed by atoms with Crippen LogP contribution >= 0.6 is 0 Å². The van der Waals surface area contributed by atoms with E-state index < -0.39 is 53.3 Å². The van der Waals surface area contributed by atoms with Gasteiger partial charge in [0, 0.05) is 0 Å². The van der Waals surface area contributed by atoms with Crippen LogP contribution in [0.1, 0.15) is 90.2 Å². The van der Waals surface area contributed by atoms with Crippen molar-refractivity contribution in [3.63, 3.8) is 0 Å². The van der Waals surface area contributed by atoms with Crippen molar-refractivity contribution in [3.05, 3.63) is 65.2 Å². The summed E-state index contributed by atoms with van der Waals surface area (Å²) < 4.78 is 22.5. The summed E-state index contributed by atoms with van der Waals surface area (Å²) in [6, 6.07) is 12.2.